The molecule has 3 heterocycles. The first-order valence-electron chi connectivity index (χ1n) is 5.99. The Morgan fingerprint density at radius 1 is 1.22 bits per heavy atom. The fourth-order valence-corrected chi connectivity index (χ4v) is 3.35. The molecule has 0 atom stereocenters. The zero-order valence-corrected chi connectivity index (χ0v) is 10.5. The molecule has 4 nitrogen and oxygen atoms in total. The average Bonchev–Trinajstić information content (AvgIpc) is 3.04. The van der Waals surface area contributed by atoms with E-state index in [1.807, 2.05) is 18.2 Å². The van der Waals surface area contributed by atoms with Gasteiger partial charge in [-0.3, -0.25) is 0 Å². The number of aromatic nitrogens is 1. The SMILES string of the molecule is c1cc2c(cc1-c1nc3c(s1)CCNC3)OCO2. The Labute approximate surface area is 109 Å². The highest BCUT2D eigenvalue weighted by atomic mass is 32.1. The summed E-state index contributed by atoms with van der Waals surface area (Å²) in [6, 6.07) is 6.02. The second kappa shape index (κ2) is 3.96. The van der Waals surface area contributed by atoms with E-state index in [-0.39, 0.29) is 0 Å². The number of hydrogen-bond donors (Lipinski definition) is 1. The van der Waals surface area contributed by atoms with Crippen LogP contribution < -0.4 is 14.8 Å². The van der Waals surface area contributed by atoms with Crippen LogP contribution in [0.2, 0.25) is 0 Å². The maximum absolute atomic E-state index is 5.40. The maximum Gasteiger partial charge on any atom is 0.231 e. The average molecular weight is 260 g/mol. The molecule has 0 aliphatic carbocycles. The van der Waals surface area contributed by atoms with Crippen LogP contribution in [0.1, 0.15) is 10.6 Å². The topological polar surface area (TPSA) is 43.4 Å². The number of rotatable bonds is 1. The lowest BCUT2D eigenvalue weighted by atomic mass is 10.2. The van der Waals surface area contributed by atoms with Crippen LogP contribution in [0.15, 0.2) is 18.2 Å². The molecule has 1 N–H and O–H groups in total. The molecule has 2 aliphatic heterocycles. The summed E-state index contributed by atoms with van der Waals surface area (Å²) in [6.45, 7) is 2.25. The Kier molecular flexibility index (Phi) is 2.28. The summed E-state index contributed by atoms with van der Waals surface area (Å²) in [5, 5.41) is 4.42. The molecule has 4 rings (SSSR count). The van der Waals surface area contributed by atoms with Gasteiger partial charge in [0.1, 0.15) is 5.01 Å². The summed E-state index contributed by atoms with van der Waals surface area (Å²) in [4.78, 5) is 6.11. The summed E-state index contributed by atoms with van der Waals surface area (Å²) >= 11 is 1.79. The van der Waals surface area contributed by atoms with E-state index in [4.69, 9.17) is 14.5 Å². The van der Waals surface area contributed by atoms with Crippen LogP contribution in [-0.2, 0) is 13.0 Å². The number of nitrogens with one attached hydrogen (secondary N) is 1. The molecule has 2 aromatic rings. The molecule has 2 aliphatic rings. The lowest BCUT2D eigenvalue weighted by Gasteiger charge is -2.09. The van der Waals surface area contributed by atoms with Crippen LogP contribution in [0.5, 0.6) is 11.5 Å². The molecule has 0 bridgehead atoms. The highest BCUT2D eigenvalue weighted by Crippen LogP contribution is 2.37. The van der Waals surface area contributed by atoms with Crippen LogP contribution in [0.3, 0.4) is 0 Å². The van der Waals surface area contributed by atoms with E-state index in [0.29, 0.717) is 6.79 Å². The summed E-state index contributed by atoms with van der Waals surface area (Å²) in [5.74, 6) is 1.64. The summed E-state index contributed by atoms with van der Waals surface area (Å²) in [6.07, 6.45) is 1.08. The van der Waals surface area contributed by atoms with E-state index < -0.39 is 0 Å². The zero-order chi connectivity index (χ0) is 11.9. The number of thiazole rings is 1. The molecule has 0 spiro atoms. The van der Waals surface area contributed by atoms with Crippen LogP contribution in [0.25, 0.3) is 10.6 Å². The molecule has 0 unspecified atom stereocenters. The van der Waals surface area contributed by atoms with Gasteiger partial charge in [-0.25, -0.2) is 4.98 Å². The van der Waals surface area contributed by atoms with E-state index in [2.05, 4.69) is 5.32 Å². The fraction of sp³-hybridized carbons (Fsp3) is 0.308. The van der Waals surface area contributed by atoms with Crippen molar-refractivity contribution in [1.82, 2.24) is 10.3 Å². The molecule has 0 radical (unpaired) electrons. The lowest BCUT2D eigenvalue weighted by molar-refractivity contribution is 0.174. The van der Waals surface area contributed by atoms with Gasteiger partial charge in [0.25, 0.3) is 0 Å². The van der Waals surface area contributed by atoms with Crippen LogP contribution in [0.4, 0.5) is 0 Å². The van der Waals surface area contributed by atoms with E-state index in [0.717, 1.165) is 41.6 Å². The number of benzene rings is 1. The predicted octanol–water partition coefficient (Wildman–Crippen LogP) is 2.18. The molecule has 0 saturated carbocycles. The number of hydrogen-bond acceptors (Lipinski definition) is 5. The van der Waals surface area contributed by atoms with Gasteiger partial charge in [0.2, 0.25) is 6.79 Å². The van der Waals surface area contributed by atoms with Crippen molar-refractivity contribution in [2.24, 2.45) is 0 Å². The Morgan fingerprint density at radius 3 is 3.11 bits per heavy atom. The smallest absolute Gasteiger partial charge is 0.231 e. The minimum absolute atomic E-state index is 0.317. The van der Waals surface area contributed by atoms with Gasteiger partial charge in [0.05, 0.1) is 5.69 Å². The first kappa shape index (κ1) is 10.3. The molecule has 0 fully saturated rings. The summed E-state index contributed by atoms with van der Waals surface area (Å²) in [7, 11) is 0. The van der Waals surface area contributed by atoms with Crippen LogP contribution >= 0.6 is 11.3 Å². The highest BCUT2D eigenvalue weighted by molar-refractivity contribution is 7.15. The van der Waals surface area contributed by atoms with Gasteiger partial charge in [0.15, 0.2) is 11.5 Å². The molecule has 5 heteroatoms. The number of fused-ring (bicyclic) bond motifs is 2. The maximum atomic E-state index is 5.40. The first-order chi connectivity index (χ1) is 8.90. The third-order valence-electron chi connectivity index (χ3n) is 3.22. The second-order valence-electron chi connectivity index (χ2n) is 4.38. The third-order valence-corrected chi connectivity index (χ3v) is 4.43. The zero-order valence-electron chi connectivity index (χ0n) is 9.73. The van der Waals surface area contributed by atoms with E-state index in [9.17, 15) is 0 Å². The molecule has 92 valence electrons. The second-order valence-corrected chi connectivity index (χ2v) is 5.47. The molecule has 1 aromatic carbocycles. The van der Waals surface area contributed by atoms with Gasteiger partial charge >= 0.3 is 0 Å². The highest BCUT2D eigenvalue weighted by Gasteiger charge is 2.18. The summed E-state index contributed by atoms with van der Waals surface area (Å²) < 4.78 is 10.7. The molecule has 18 heavy (non-hydrogen) atoms. The van der Waals surface area contributed by atoms with Crippen molar-refractivity contribution in [3.05, 3.63) is 28.8 Å². The molecule has 0 saturated heterocycles. The van der Waals surface area contributed by atoms with Gasteiger partial charge in [0, 0.05) is 23.5 Å². The van der Waals surface area contributed by atoms with Gasteiger partial charge < -0.3 is 14.8 Å². The third kappa shape index (κ3) is 1.59. The Hall–Kier alpha value is -1.59. The first-order valence-corrected chi connectivity index (χ1v) is 6.81. The van der Waals surface area contributed by atoms with E-state index in [1.165, 1.54) is 10.6 Å². The minimum Gasteiger partial charge on any atom is -0.454 e. The van der Waals surface area contributed by atoms with Gasteiger partial charge in [-0.2, -0.15) is 0 Å². The van der Waals surface area contributed by atoms with Crippen LogP contribution in [-0.4, -0.2) is 18.3 Å². The van der Waals surface area contributed by atoms with Gasteiger partial charge in [-0.15, -0.1) is 11.3 Å². The van der Waals surface area contributed by atoms with Crippen molar-refractivity contribution >= 4 is 11.3 Å². The van der Waals surface area contributed by atoms with E-state index in [1.54, 1.807) is 11.3 Å². The Bertz CT molecular complexity index is 586. The normalized spacial score (nSPS) is 16.7. The van der Waals surface area contributed by atoms with Crippen molar-refractivity contribution in [3.8, 4) is 22.1 Å². The minimum atomic E-state index is 0.317. The Balaban J connectivity index is 1.76. The fourth-order valence-electron chi connectivity index (χ4n) is 2.28. The molecular weight excluding hydrogens is 248 g/mol. The van der Waals surface area contributed by atoms with Crippen LogP contribution in [0, 0.1) is 0 Å². The summed E-state index contributed by atoms with van der Waals surface area (Å²) in [5.41, 5.74) is 2.30. The molecule has 0 amide bonds. The monoisotopic (exact) mass is 260 g/mol. The quantitative estimate of drug-likeness (QED) is 0.853. The van der Waals surface area contributed by atoms with Crippen molar-refractivity contribution in [2.45, 2.75) is 13.0 Å². The largest absolute Gasteiger partial charge is 0.454 e. The molecule has 1 aromatic heterocycles. The van der Waals surface area contributed by atoms with Gasteiger partial charge in [-0.1, -0.05) is 0 Å². The molecular formula is C13H12N2O2S. The lowest BCUT2D eigenvalue weighted by Crippen LogP contribution is -2.22. The Morgan fingerprint density at radius 2 is 2.17 bits per heavy atom. The number of ether oxygens (including phenoxy) is 2. The van der Waals surface area contributed by atoms with Crippen molar-refractivity contribution < 1.29 is 9.47 Å². The van der Waals surface area contributed by atoms with Gasteiger partial charge in [-0.05, 0) is 24.6 Å². The number of nitrogens with zero attached hydrogens (tertiary/aromatic N) is 1. The van der Waals surface area contributed by atoms with Crippen molar-refractivity contribution in [1.29, 1.82) is 0 Å². The van der Waals surface area contributed by atoms with E-state index >= 15 is 0 Å². The predicted molar refractivity (Wildman–Crippen MR) is 69.1 cm³/mol. The van der Waals surface area contributed by atoms with Crippen molar-refractivity contribution in [3.63, 3.8) is 0 Å². The standard InChI is InChI=1S/C13H12N2O2S/c1-2-10-11(17-7-16-10)5-8(1)13-15-9-6-14-4-3-12(9)18-13/h1-2,5,14H,3-4,6-7H2. The van der Waals surface area contributed by atoms with Crippen molar-refractivity contribution in [2.75, 3.05) is 13.3 Å².